The molecule has 118 valence electrons. The lowest BCUT2D eigenvalue weighted by Crippen LogP contribution is -2.28. The molecule has 2 N–H and O–H groups in total. The first-order valence-corrected chi connectivity index (χ1v) is 8.14. The van der Waals surface area contributed by atoms with Gasteiger partial charge in [-0.05, 0) is 31.9 Å². The second kappa shape index (κ2) is 6.72. The largest absolute Gasteiger partial charge is 0.433 e. The van der Waals surface area contributed by atoms with E-state index in [1.807, 2.05) is 11.8 Å². The number of hydrogen-bond donors (Lipinski definition) is 2. The molecule has 0 unspecified atom stereocenters. The summed E-state index contributed by atoms with van der Waals surface area (Å²) in [6.45, 7) is 0. The van der Waals surface area contributed by atoms with Gasteiger partial charge in [0.2, 0.25) is 5.95 Å². The van der Waals surface area contributed by atoms with E-state index >= 15 is 0 Å². The SMILES string of the molecule is CNc1nc(NC2CCC(SC)CC2)cc(C(F)(F)F)n1. The molecule has 0 aromatic carbocycles. The molecule has 1 aliphatic rings. The number of aromatic nitrogens is 2. The summed E-state index contributed by atoms with van der Waals surface area (Å²) in [4.78, 5) is 7.51. The highest BCUT2D eigenvalue weighted by Gasteiger charge is 2.34. The Bertz CT molecular complexity index is 473. The lowest BCUT2D eigenvalue weighted by Gasteiger charge is -2.28. The molecular formula is C13H19F3N4S. The molecule has 2 rings (SSSR count). The Balaban J connectivity index is 2.09. The van der Waals surface area contributed by atoms with Crippen molar-refractivity contribution in [2.45, 2.75) is 43.2 Å². The summed E-state index contributed by atoms with van der Waals surface area (Å²) in [5.74, 6) is 0.208. The highest BCUT2D eigenvalue weighted by molar-refractivity contribution is 7.99. The van der Waals surface area contributed by atoms with Crippen molar-refractivity contribution in [2.24, 2.45) is 0 Å². The van der Waals surface area contributed by atoms with Crippen LogP contribution >= 0.6 is 11.8 Å². The van der Waals surface area contributed by atoms with Crippen molar-refractivity contribution in [3.63, 3.8) is 0 Å². The Morgan fingerprint density at radius 2 is 1.86 bits per heavy atom. The summed E-state index contributed by atoms with van der Waals surface area (Å²) in [5.41, 5.74) is -0.929. The van der Waals surface area contributed by atoms with E-state index in [2.05, 4.69) is 26.9 Å². The van der Waals surface area contributed by atoms with Crippen molar-refractivity contribution in [3.05, 3.63) is 11.8 Å². The van der Waals surface area contributed by atoms with E-state index < -0.39 is 11.9 Å². The van der Waals surface area contributed by atoms with Crippen LogP contribution in [0.2, 0.25) is 0 Å². The van der Waals surface area contributed by atoms with Crippen molar-refractivity contribution < 1.29 is 13.2 Å². The molecule has 1 aromatic rings. The van der Waals surface area contributed by atoms with Gasteiger partial charge in [-0.3, -0.25) is 0 Å². The van der Waals surface area contributed by atoms with Crippen LogP contribution < -0.4 is 10.6 Å². The first-order chi connectivity index (χ1) is 9.92. The number of nitrogens with one attached hydrogen (secondary N) is 2. The molecule has 0 bridgehead atoms. The van der Waals surface area contributed by atoms with Gasteiger partial charge in [0.05, 0.1) is 0 Å². The van der Waals surface area contributed by atoms with Crippen molar-refractivity contribution in [2.75, 3.05) is 23.9 Å². The zero-order valence-corrected chi connectivity index (χ0v) is 12.8. The van der Waals surface area contributed by atoms with Crippen molar-refractivity contribution in [1.29, 1.82) is 0 Å². The van der Waals surface area contributed by atoms with Gasteiger partial charge in [0.15, 0.2) is 5.69 Å². The van der Waals surface area contributed by atoms with E-state index in [0.29, 0.717) is 5.25 Å². The van der Waals surface area contributed by atoms with E-state index in [-0.39, 0.29) is 17.8 Å². The molecule has 0 amide bonds. The fourth-order valence-electron chi connectivity index (χ4n) is 2.43. The van der Waals surface area contributed by atoms with Crippen molar-refractivity contribution in [3.8, 4) is 0 Å². The summed E-state index contributed by atoms with van der Waals surface area (Å²) < 4.78 is 38.4. The van der Waals surface area contributed by atoms with Crippen LogP contribution in [0.1, 0.15) is 31.4 Å². The van der Waals surface area contributed by atoms with Crippen LogP contribution in [-0.2, 0) is 6.18 Å². The Hall–Kier alpha value is -1.18. The first kappa shape index (κ1) is 16.2. The number of nitrogens with zero attached hydrogens (tertiary/aromatic N) is 2. The maximum absolute atomic E-state index is 12.8. The molecule has 1 saturated carbocycles. The molecule has 1 aliphatic carbocycles. The Morgan fingerprint density at radius 3 is 2.38 bits per heavy atom. The first-order valence-electron chi connectivity index (χ1n) is 6.85. The van der Waals surface area contributed by atoms with Crippen LogP contribution in [0.15, 0.2) is 6.07 Å². The quantitative estimate of drug-likeness (QED) is 0.887. The molecule has 21 heavy (non-hydrogen) atoms. The number of anilines is 2. The number of halogens is 3. The van der Waals surface area contributed by atoms with Gasteiger partial charge in [-0.2, -0.15) is 29.9 Å². The molecule has 0 aliphatic heterocycles. The maximum atomic E-state index is 12.8. The van der Waals surface area contributed by atoms with E-state index in [0.717, 1.165) is 31.7 Å². The lowest BCUT2D eigenvalue weighted by molar-refractivity contribution is -0.141. The third kappa shape index (κ3) is 4.39. The van der Waals surface area contributed by atoms with Crippen LogP contribution in [0.3, 0.4) is 0 Å². The normalized spacial score (nSPS) is 22.9. The highest BCUT2D eigenvalue weighted by atomic mass is 32.2. The van der Waals surface area contributed by atoms with Gasteiger partial charge in [-0.25, -0.2) is 4.98 Å². The van der Waals surface area contributed by atoms with Gasteiger partial charge in [0.1, 0.15) is 5.82 Å². The predicted octanol–water partition coefficient (Wildman–Crippen LogP) is 3.62. The third-order valence-corrected chi connectivity index (χ3v) is 4.74. The van der Waals surface area contributed by atoms with Gasteiger partial charge in [0.25, 0.3) is 0 Å². The predicted molar refractivity (Wildman–Crippen MR) is 79.8 cm³/mol. The van der Waals surface area contributed by atoms with Crippen LogP contribution in [0, 0.1) is 0 Å². The number of hydrogen-bond acceptors (Lipinski definition) is 5. The summed E-state index contributed by atoms with van der Waals surface area (Å²) in [6.07, 6.45) is 1.68. The molecule has 1 aromatic heterocycles. The topological polar surface area (TPSA) is 49.8 Å². The third-order valence-electron chi connectivity index (χ3n) is 3.60. The van der Waals surface area contributed by atoms with E-state index in [1.165, 1.54) is 7.05 Å². The van der Waals surface area contributed by atoms with Crippen molar-refractivity contribution in [1.82, 2.24) is 9.97 Å². The molecular weight excluding hydrogens is 301 g/mol. The Morgan fingerprint density at radius 1 is 1.19 bits per heavy atom. The molecule has 1 fully saturated rings. The molecule has 8 heteroatoms. The average molecular weight is 320 g/mol. The summed E-state index contributed by atoms with van der Waals surface area (Å²) in [6, 6.07) is 1.15. The van der Waals surface area contributed by atoms with Gasteiger partial charge in [-0.15, -0.1) is 0 Å². The number of alkyl halides is 3. The van der Waals surface area contributed by atoms with Crippen LogP contribution in [0.4, 0.5) is 24.9 Å². The zero-order valence-electron chi connectivity index (χ0n) is 12.0. The summed E-state index contributed by atoms with van der Waals surface area (Å²) >= 11 is 1.85. The lowest BCUT2D eigenvalue weighted by atomic mass is 9.95. The van der Waals surface area contributed by atoms with Gasteiger partial charge < -0.3 is 10.6 Å². The molecule has 0 saturated heterocycles. The average Bonchev–Trinajstić information content (AvgIpc) is 2.46. The minimum atomic E-state index is -4.47. The molecule has 4 nitrogen and oxygen atoms in total. The Kier molecular flexibility index (Phi) is 5.18. The number of rotatable bonds is 4. The van der Waals surface area contributed by atoms with E-state index in [9.17, 15) is 13.2 Å². The summed E-state index contributed by atoms with van der Waals surface area (Å²) in [7, 11) is 1.50. The fourth-order valence-corrected chi connectivity index (χ4v) is 3.17. The second-order valence-corrected chi connectivity index (χ2v) is 6.20. The highest BCUT2D eigenvalue weighted by Crippen LogP contribution is 2.31. The van der Waals surface area contributed by atoms with E-state index in [1.54, 1.807) is 0 Å². The van der Waals surface area contributed by atoms with E-state index in [4.69, 9.17) is 0 Å². The minimum Gasteiger partial charge on any atom is -0.367 e. The van der Waals surface area contributed by atoms with Gasteiger partial charge >= 0.3 is 6.18 Å². The molecule has 0 spiro atoms. The van der Waals surface area contributed by atoms with Crippen LogP contribution in [-0.4, -0.2) is 34.6 Å². The van der Waals surface area contributed by atoms with Crippen LogP contribution in [0.5, 0.6) is 0 Å². The zero-order chi connectivity index (χ0) is 15.5. The second-order valence-electron chi connectivity index (χ2n) is 5.06. The fraction of sp³-hybridized carbons (Fsp3) is 0.692. The van der Waals surface area contributed by atoms with Crippen molar-refractivity contribution >= 4 is 23.5 Å². The standard InChI is InChI=1S/C13H19F3N4S/c1-17-12-19-10(13(14,15)16)7-11(20-12)18-8-3-5-9(21-2)6-4-8/h7-9H,3-6H2,1-2H3,(H2,17,18,19,20). The maximum Gasteiger partial charge on any atom is 0.433 e. The smallest absolute Gasteiger partial charge is 0.367 e. The molecule has 0 atom stereocenters. The van der Waals surface area contributed by atoms with Gasteiger partial charge in [-0.1, -0.05) is 0 Å². The molecule has 0 radical (unpaired) electrons. The van der Waals surface area contributed by atoms with Crippen LogP contribution in [0.25, 0.3) is 0 Å². The monoisotopic (exact) mass is 320 g/mol. The summed E-state index contributed by atoms with van der Waals surface area (Å²) in [5, 5.41) is 6.34. The number of thioether (sulfide) groups is 1. The molecule has 1 heterocycles. The minimum absolute atomic E-state index is 0.0230. The van der Waals surface area contributed by atoms with Gasteiger partial charge in [0, 0.05) is 24.4 Å². The Labute approximate surface area is 126 Å².